The minimum absolute atomic E-state index is 0.170. The van der Waals surface area contributed by atoms with E-state index in [1.807, 2.05) is 38.1 Å². The number of sulfone groups is 1. The van der Waals surface area contributed by atoms with Crippen LogP contribution in [0.1, 0.15) is 29.3 Å². The third kappa shape index (κ3) is 3.52. The number of nitrogens with zero attached hydrogens (tertiary/aromatic N) is 2. The Labute approximate surface area is 157 Å². The second-order valence-corrected chi connectivity index (χ2v) is 9.18. The van der Waals surface area contributed by atoms with Gasteiger partial charge >= 0.3 is 0 Å². The summed E-state index contributed by atoms with van der Waals surface area (Å²) in [4.78, 5) is 13.6. The maximum absolute atomic E-state index is 12.9. The van der Waals surface area contributed by atoms with Crippen molar-refractivity contribution in [2.75, 3.05) is 12.1 Å². The monoisotopic (exact) mass is 391 g/mol. The van der Waals surface area contributed by atoms with Gasteiger partial charge in [0.1, 0.15) is 9.90 Å². The van der Waals surface area contributed by atoms with Crippen molar-refractivity contribution in [3.8, 4) is 0 Å². The number of carbonyl (C=O) groups is 1. The predicted octanol–water partition coefficient (Wildman–Crippen LogP) is 2.86. The molecule has 1 aliphatic heterocycles. The van der Waals surface area contributed by atoms with Crippen molar-refractivity contribution in [2.45, 2.75) is 38.1 Å². The summed E-state index contributed by atoms with van der Waals surface area (Å²) in [6.45, 7) is 4.26. The average molecular weight is 392 g/mol. The Kier molecular flexibility index (Phi) is 5.15. The first-order valence-corrected chi connectivity index (χ1v) is 10.7. The molecule has 6 nitrogen and oxygen atoms in total. The predicted molar refractivity (Wildman–Crippen MR) is 104 cm³/mol. The van der Waals surface area contributed by atoms with Crippen molar-refractivity contribution < 1.29 is 13.2 Å². The van der Waals surface area contributed by atoms with E-state index in [2.05, 4.69) is 10.4 Å². The first-order valence-electron chi connectivity index (χ1n) is 8.36. The second kappa shape index (κ2) is 7.20. The molecule has 1 aliphatic rings. The van der Waals surface area contributed by atoms with Gasteiger partial charge in [-0.05, 0) is 25.0 Å². The van der Waals surface area contributed by atoms with Crippen LogP contribution in [0.2, 0.25) is 0 Å². The van der Waals surface area contributed by atoms with Crippen LogP contribution < -0.4 is 10.3 Å². The van der Waals surface area contributed by atoms with E-state index >= 15 is 0 Å². The molecule has 26 heavy (non-hydrogen) atoms. The van der Waals surface area contributed by atoms with E-state index in [0.717, 1.165) is 28.8 Å². The molecule has 138 valence electrons. The maximum Gasteiger partial charge on any atom is 0.284 e. The highest BCUT2D eigenvalue weighted by atomic mass is 32.2. The van der Waals surface area contributed by atoms with Crippen LogP contribution in [0, 0.1) is 6.92 Å². The summed E-state index contributed by atoms with van der Waals surface area (Å²) in [6, 6.07) is 9.34. The third-order valence-electron chi connectivity index (χ3n) is 4.07. The Bertz CT molecular complexity index is 960. The number of rotatable bonds is 5. The lowest BCUT2D eigenvalue weighted by molar-refractivity contribution is -0.114. The number of thiophene rings is 1. The summed E-state index contributed by atoms with van der Waals surface area (Å²) < 4.78 is 25.7. The highest BCUT2D eigenvalue weighted by molar-refractivity contribution is 8.08. The molecule has 0 saturated heterocycles. The van der Waals surface area contributed by atoms with Crippen molar-refractivity contribution in [2.24, 2.45) is 5.10 Å². The normalized spacial score (nSPS) is 15.3. The molecule has 0 radical (unpaired) electrons. The fraction of sp³-hybridized carbons (Fsp3) is 0.333. The minimum atomic E-state index is -3.92. The summed E-state index contributed by atoms with van der Waals surface area (Å²) in [7, 11) is -2.26. The molecular formula is C18H21N3O3S2. The van der Waals surface area contributed by atoms with Crippen molar-refractivity contribution in [1.29, 1.82) is 0 Å². The van der Waals surface area contributed by atoms with E-state index in [0.29, 0.717) is 5.00 Å². The highest BCUT2D eigenvalue weighted by Gasteiger charge is 2.38. The van der Waals surface area contributed by atoms with Gasteiger partial charge in [-0.2, -0.15) is 5.10 Å². The van der Waals surface area contributed by atoms with Gasteiger partial charge in [0.25, 0.3) is 5.91 Å². The van der Waals surface area contributed by atoms with Gasteiger partial charge in [-0.3, -0.25) is 9.80 Å². The molecule has 0 unspecified atom stereocenters. The molecule has 1 amide bonds. The number of benzene rings is 1. The summed E-state index contributed by atoms with van der Waals surface area (Å²) in [5, 5.41) is 8.27. The Morgan fingerprint density at radius 1 is 1.27 bits per heavy atom. The molecular weight excluding hydrogens is 370 g/mol. The lowest BCUT2D eigenvalue weighted by Gasteiger charge is -2.20. The van der Waals surface area contributed by atoms with Crippen LogP contribution in [0.25, 0.3) is 0 Å². The molecule has 0 bridgehead atoms. The number of hydrogen-bond donors (Lipinski definition) is 1. The smallest absolute Gasteiger partial charge is 0.284 e. The molecule has 8 heteroatoms. The van der Waals surface area contributed by atoms with Gasteiger partial charge in [0.2, 0.25) is 14.9 Å². The number of aryl methyl sites for hydroxylation is 2. The van der Waals surface area contributed by atoms with Crippen LogP contribution in [0.3, 0.4) is 0 Å². The first-order chi connectivity index (χ1) is 12.3. The molecule has 3 rings (SSSR count). The highest BCUT2D eigenvalue weighted by Crippen LogP contribution is 2.39. The number of hydrogen-bond acceptors (Lipinski definition) is 6. The van der Waals surface area contributed by atoms with Gasteiger partial charge in [0, 0.05) is 18.5 Å². The second-order valence-electron chi connectivity index (χ2n) is 6.23. The van der Waals surface area contributed by atoms with Gasteiger partial charge in [-0.25, -0.2) is 8.42 Å². The van der Waals surface area contributed by atoms with Gasteiger partial charge in [0.15, 0.2) is 0 Å². The van der Waals surface area contributed by atoms with Crippen LogP contribution in [0.15, 0.2) is 40.3 Å². The zero-order valence-corrected chi connectivity index (χ0v) is 16.6. The van der Waals surface area contributed by atoms with Gasteiger partial charge in [-0.15, -0.1) is 11.3 Å². The molecule has 0 aliphatic carbocycles. The number of carbonyl (C=O) groups excluding carboxylic acids is 1. The summed E-state index contributed by atoms with van der Waals surface area (Å²) in [6.07, 6.45) is 1.73. The van der Waals surface area contributed by atoms with Gasteiger partial charge in [0.05, 0.1) is 0 Å². The van der Waals surface area contributed by atoms with E-state index in [1.54, 1.807) is 13.1 Å². The molecule has 1 N–H and O–H groups in total. The minimum Gasteiger partial charge on any atom is -0.346 e. The Morgan fingerprint density at radius 2 is 1.96 bits per heavy atom. The van der Waals surface area contributed by atoms with Crippen molar-refractivity contribution in [3.63, 3.8) is 0 Å². The molecule has 0 spiro atoms. The van der Waals surface area contributed by atoms with Crippen LogP contribution in [0.4, 0.5) is 5.00 Å². The van der Waals surface area contributed by atoms with E-state index in [4.69, 9.17) is 0 Å². The van der Waals surface area contributed by atoms with Crippen LogP contribution in [0.5, 0.6) is 0 Å². The molecule has 0 atom stereocenters. The summed E-state index contributed by atoms with van der Waals surface area (Å²) >= 11 is 1.40. The molecule has 0 saturated carbocycles. The van der Waals surface area contributed by atoms with Crippen LogP contribution in [-0.2, 0) is 27.6 Å². The molecule has 1 aromatic heterocycles. The zero-order chi connectivity index (χ0) is 18.9. The first kappa shape index (κ1) is 18.6. The number of anilines is 1. The maximum atomic E-state index is 12.9. The van der Waals surface area contributed by atoms with Crippen molar-refractivity contribution in [1.82, 2.24) is 5.32 Å². The lowest BCUT2D eigenvalue weighted by atomic mass is 10.1. The van der Waals surface area contributed by atoms with Crippen LogP contribution >= 0.6 is 11.3 Å². The average Bonchev–Trinajstić information content (AvgIpc) is 3.03. The quantitative estimate of drug-likeness (QED) is 0.850. The summed E-state index contributed by atoms with van der Waals surface area (Å²) in [5.41, 5.74) is 2.02. The largest absolute Gasteiger partial charge is 0.346 e. The van der Waals surface area contributed by atoms with E-state index < -0.39 is 20.8 Å². The topological polar surface area (TPSA) is 78.8 Å². The zero-order valence-electron chi connectivity index (χ0n) is 14.9. The fourth-order valence-corrected chi connectivity index (χ4v) is 5.68. The van der Waals surface area contributed by atoms with Crippen LogP contribution in [-0.4, -0.2) is 26.4 Å². The Balaban J connectivity index is 1.82. The lowest BCUT2D eigenvalue weighted by Crippen LogP contribution is -2.39. The van der Waals surface area contributed by atoms with E-state index in [9.17, 15) is 13.2 Å². The number of hydrazone groups is 1. The number of amides is 1. The standard InChI is InChI=1S/C18H21N3O3S2/c1-4-5-14-10-15-18(25-14)21(3)20-17(26(15,23)24)16(22)19-11-13-8-6-12(2)7-9-13/h6-10H,4-5,11H2,1-3H3,(H,19,22). The van der Waals surface area contributed by atoms with Crippen molar-refractivity contribution >= 4 is 37.1 Å². The number of nitrogens with one attached hydrogen (secondary N) is 1. The van der Waals surface area contributed by atoms with E-state index in [-0.39, 0.29) is 11.4 Å². The Morgan fingerprint density at radius 3 is 2.62 bits per heavy atom. The van der Waals surface area contributed by atoms with E-state index in [1.165, 1.54) is 16.3 Å². The Hall–Kier alpha value is -2.19. The van der Waals surface area contributed by atoms with Gasteiger partial charge < -0.3 is 5.32 Å². The summed E-state index contributed by atoms with van der Waals surface area (Å²) in [5.74, 6) is -0.689. The third-order valence-corrected chi connectivity index (χ3v) is 7.13. The molecule has 1 aromatic carbocycles. The number of fused-ring (bicyclic) bond motifs is 1. The van der Waals surface area contributed by atoms with Gasteiger partial charge in [-0.1, -0.05) is 43.2 Å². The SMILES string of the molecule is CCCc1cc2c(s1)N(C)N=C(C(=O)NCc1ccc(C)cc1)S2(=O)=O. The molecule has 0 fully saturated rings. The molecule has 2 heterocycles. The fourth-order valence-electron chi connectivity index (χ4n) is 2.67. The molecule has 2 aromatic rings. The van der Waals surface area contributed by atoms with Crippen molar-refractivity contribution in [3.05, 3.63) is 46.3 Å².